The average Bonchev–Trinajstić information content (AvgIpc) is 3.46. The van der Waals surface area contributed by atoms with Gasteiger partial charge in [0.15, 0.2) is 0 Å². The highest BCUT2D eigenvalue weighted by Gasteiger charge is 2.36. The molecule has 6 heteroatoms. The Balaban J connectivity index is 1.71. The van der Waals surface area contributed by atoms with Gasteiger partial charge in [0.05, 0.1) is 25.4 Å². The molecule has 0 N–H and O–H groups in total. The van der Waals surface area contributed by atoms with Gasteiger partial charge in [-0.05, 0) is 25.0 Å². The first-order valence-electron chi connectivity index (χ1n) is 8.38. The second-order valence-electron chi connectivity index (χ2n) is 6.01. The van der Waals surface area contributed by atoms with Crippen molar-refractivity contribution in [3.8, 4) is 0 Å². The Kier molecular flexibility index (Phi) is 6.05. The molecule has 134 valence electrons. The summed E-state index contributed by atoms with van der Waals surface area (Å²) in [6, 6.07) is 19.1. The molecule has 1 aliphatic heterocycles. The Morgan fingerprint density at radius 2 is 1.40 bits per heavy atom. The summed E-state index contributed by atoms with van der Waals surface area (Å²) in [5.41, 5.74) is 1.81. The van der Waals surface area contributed by atoms with Gasteiger partial charge in [0.2, 0.25) is 0 Å². The molecule has 1 aliphatic rings. The highest BCUT2D eigenvalue weighted by Crippen LogP contribution is 2.56. The maximum absolute atomic E-state index is 13.2. The normalized spacial score (nSPS) is 21.3. The van der Waals surface area contributed by atoms with Crippen LogP contribution in [-0.4, -0.2) is 19.3 Å². The summed E-state index contributed by atoms with van der Waals surface area (Å²) in [6.07, 6.45) is -0.871. The van der Waals surface area contributed by atoms with Gasteiger partial charge in [-0.2, -0.15) is 0 Å². The number of hydrogen-bond donors (Lipinski definition) is 0. The van der Waals surface area contributed by atoms with Crippen LogP contribution in [0.5, 0.6) is 0 Å². The molecular formula is C19H23O5P. The number of phosphoric acid groups is 1. The topological polar surface area (TPSA) is 57.3 Å². The van der Waals surface area contributed by atoms with Crippen LogP contribution >= 0.6 is 7.82 Å². The van der Waals surface area contributed by atoms with Crippen molar-refractivity contribution in [3.05, 3.63) is 71.8 Å². The van der Waals surface area contributed by atoms with Gasteiger partial charge in [0.1, 0.15) is 6.10 Å². The van der Waals surface area contributed by atoms with E-state index < -0.39 is 20.0 Å². The molecule has 0 spiro atoms. The minimum atomic E-state index is -3.76. The van der Waals surface area contributed by atoms with Crippen LogP contribution in [0.3, 0.4) is 0 Å². The lowest BCUT2D eigenvalue weighted by Gasteiger charge is -2.25. The Morgan fingerprint density at radius 1 is 0.960 bits per heavy atom. The summed E-state index contributed by atoms with van der Waals surface area (Å²) >= 11 is 0. The Hall–Kier alpha value is -1.49. The number of phosphoric ester groups is 1. The predicted octanol–water partition coefficient (Wildman–Crippen LogP) is 5.07. The van der Waals surface area contributed by atoms with Gasteiger partial charge in [0.25, 0.3) is 0 Å². The minimum absolute atomic E-state index is 0.0282. The molecule has 3 unspecified atom stereocenters. The van der Waals surface area contributed by atoms with Gasteiger partial charge in [-0.15, -0.1) is 0 Å². The Morgan fingerprint density at radius 3 is 1.80 bits per heavy atom. The maximum Gasteiger partial charge on any atom is 0.476 e. The molecule has 0 aromatic heterocycles. The molecule has 0 saturated carbocycles. The number of hydrogen-bond acceptors (Lipinski definition) is 5. The SMILES string of the molecule is CC(OP(=O)(OCC1CO1)OC(C)c1ccccc1)c1ccccc1. The number of ether oxygens (including phenoxy) is 1. The zero-order valence-corrected chi connectivity index (χ0v) is 15.3. The van der Waals surface area contributed by atoms with Crippen LogP contribution < -0.4 is 0 Å². The largest absolute Gasteiger partial charge is 0.476 e. The van der Waals surface area contributed by atoms with E-state index in [9.17, 15) is 4.57 Å². The van der Waals surface area contributed by atoms with E-state index in [-0.39, 0.29) is 12.7 Å². The van der Waals surface area contributed by atoms with Crippen LogP contribution in [0.1, 0.15) is 37.2 Å². The number of epoxide rings is 1. The molecular weight excluding hydrogens is 339 g/mol. The predicted molar refractivity (Wildman–Crippen MR) is 95.2 cm³/mol. The summed E-state index contributed by atoms with van der Waals surface area (Å²) in [7, 11) is -3.76. The average molecular weight is 362 g/mol. The van der Waals surface area contributed by atoms with E-state index >= 15 is 0 Å². The van der Waals surface area contributed by atoms with Gasteiger partial charge >= 0.3 is 7.82 Å². The minimum Gasteiger partial charge on any atom is -0.371 e. The maximum atomic E-state index is 13.2. The smallest absolute Gasteiger partial charge is 0.371 e. The summed E-state index contributed by atoms with van der Waals surface area (Å²) in [5, 5.41) is 0. The lowest BCUT2D eigenvalue weighted by atomic mass is 10.1. The van der Waals surface area contributed by atoms with Crippen molar-refractivity contribution >= 4 is 7.82 Å². The van der Waals surface area contributed by atoms with Crippen molar-refractivity contribution in [2.75, 3.05) is 13.2 Å². The summed E-state index contributed by atoms with van der Waals surface area (Å²) in [4.78, 5) is 0. The fraction of sp³-hybridized carbons (Fsp3) is 0.368. The van der Waals surface area contributed by atoms with Crippen LogP contribution in [0, 0.1) is 0 Å². The van der Waals surface area contributed by atoms with Crippen molar-refractivity contribution in [1.29, 1.82) is 0 Å². The lowest BCUT2D eigenvalue weighted by Crippen LogP contribution is -2.09. The monoisotopic (exact) mass is 362 g/mol. The molecule has 0 radical (unpaired) electrons. The number of benzene rings is 2. The Bertz CT molecular complexity index is 651. The molecule has 0 aliphatic carbocycles. The van der Waals surface area contributed by atoms with E-state index in [1.54, 1.807) is 0 Å². The first-order chi connectivity index (χ1) is 12.1. The fourth-order valence-corrected chi connectivity index (χ4v) is 3.92. The molecule has 1 saturated heterocycles. The van der Waals surface area contributed by atoms with Crippen molar-refractivity contribution in [2.45, 2.75) is 32.2 Å². The second kappa shape index (κ2) is 8.26. The van der Waals surface area contributed by atoms with Crippen molar-refractivity contribution in [2.24, 2.45) is 0 Å². The van der Waals surface area contributed by atoms with Crippen LogP contribution in [0.2, 0.25) is 0 Å². The van der Waals surface area contributed by atoms with Crippen molar-refractivity contribution in [3.63, 3.8) is 0 Å². The first kappa shape index (κ1) is 18.3. The molecule has 3 rings (SSSR count). The molecule has 2 aromatic carbocycles. The van der Waals surface area contributed by atoms with Crippen molar-refractivity contribution in [1.82, 2.24) is 0 Å². The highest BCUT2D eigenvalue weighted by atomic mass is 31.2. The van der Waals surface area contributed by atoms with E-state index in [1.807, 2.05) is 74.5 Å². The third-order valence-electron chi connectivity index (χ3n) is 3.93. The van der Waals surface area contributed by atoms with E-state index in [0.717, 1.165) is 11.1 Å². The van der Waals surface area contributed by atoms with Gasteiger partial charge in [-0.3, -0.25) is 13.6 Å². The summed E-state index contributed by atoms with van der Waals surface area (Å²) in [6.45, 7) is 4.47. The molecule has 0 bridgehead atoms. The third-order valence-corrected chi connectivity index (χ3v) is 5.55. The number of rotatable bonds is 9. The molecule has 1 fully saturated rings. The van der Waals surface area contributed by atoms with Crippen LogP contribution in [-0.2, 0) is 22.9 Å². The molecule has 0 amide bonds. The quantitative estimate of drug-likeness (QED) is 0.461. The van der Waals surface area contributed by atoms with Gasteiger partial charge < -0.3 is 4.74 Å². The third kappa shape index (κ3) is 5.50. The zero-order valence-electron chi connectivity index (χ0n) is 14.4. The second-order valence-corrected chi connectivity index (χ2v) is 7.59. The van der Waals surface area contributed by atoms with Crippen molar-refractivity contribution < 1.29 is 22.9 Å². The lowest BCUT2D eigenvalue weighted by molar-refractivity contribution is 0.0580. The molecule has 1 heterocycles. The van der Waals surface area contributed by atoms with Crippen LogP contribution in [0.4, 0.5) is 0 Å². The van der Waals surface area contributed by atoms with E-state index in [0.29, 0.717) is 6.61 Å². The summed E-state index contributed by atoms with van der Waals surface area (Å²) < 4.78 is 35.3. The Labute approximate surface area is 148 Å². The highest BCUT2D eigenvalue weighted by molar-refractivity contribution is 7.48. The van der Waals surface area contributed by atoms with Crippen LogP contribution in [0.25, 0.3) is 0 Å². The molecule has 2 aromatic rings. The van der Waals surface area contributed by atoms with Crippen LogP contribution in [0.15, 0.2) is 60.7 Å². The molecule has 5 nitrogen and oxygen atoms in total. The molecule has 25 heavy (non-hydrogen) atoms. The molecule has 3 atom stereocenters. The van der Waals surface area contributed by atoms with Gasteiger partial charge in [0, 0.05) is 0 Å². The van der Waals surface area contributed by atoms with Gasteiger partial charge in [-0.25, -0.2) is 4.57 Å². The summed E-state index contributed by atoms with van der Waals surface area (Å²) in [5.74, 6) is 0. The van der Waals surface area contributed by atoms with E-state index in [4.69, 9.17) is 18.3 Å². The van der Waals surface area contributed by atoms with Gasteiger partial charge in [-0.1, -0.05) is 60.7 Å². The standard InChI is InChI=1S/C19H23O5P/c1-15(17-9-5-3-6-10-17)23-25(20,22-14-19-13-21-19)24-16(2)18-11-7-4-8-12-18/h3-12,15-16,19H,13-14H2,1-2H3. The first-order valence-corrected chi connectivity index (χ1v) is 9.85. The fourth-order valence-electron chi connectivity index (χ4n) is 2.38. The van der Waals surface area contributed by atoms with E-state index in [1.165, 1.54) is 0 Å². The zero-order chi connectivity index (χ0) is 17.7. The van der Waals surface area contributed by atoms with E-state index in [2.05, 4.69) is 0 Å².